The smallest absolute Gasteiger partial charge is 0.310 e. The molecule has 0 radical (unpaired) electrons. The second-order valence-electron chi connectivity index (χ2n) is 14.0. The molecule has 2 amide bonds. The SMILES string of the molecule is COc1cc([C@@H]2c3cc4c(cc3[C@@H](NC3=CC(=O)N(C(CO)CO)C3=O)[C@H]3COC(=O)[C@H]23)OCO4)cc(OC)c1O[Si](C)(C)C(C)(C)C. The van der Waals surface area contributed by atoms with Gasteiger partial charge in [-0.15, -0.1) is 0 Å². The van der Waals surface area contributed by atoms with Gasteiger partial charge in [-0.05, 0) is 59.1 Å². The number of imide groups is 1. The van der Waals surface area contributed by atoms with Gasteiger partial charge in [0.15, 0.2) is 28.7 Å². The summed E-state index contributed by atoms with van der Waals surface area (Å²) in [4.78, 5) is 40.7. The Bertz CT molecular complexity index is 1650. The largest absolute Gasteiger partial charge is 0.539 e. The first-order valence-corrected chi connectivity index (χ1v) is 18.8. The number of aliphatic hydroxyl groups excluding tert-OH is 2. The zero-order valence-corrected chi connectivity index (χ0v) is 29.1. The minimum atomic E-state index is -2.32. The number of hydrogen-bond acceptors (Lipinski definition) is 12. The van der Waals surface area contributed by atoms with E-state index in [4.69, 9.17) is 28.1 Å². The maximum atomic E-state index is 13.6. The van der Waals surface area contributed by atoms with Crippen LogP contribution in [0.4, 0.5) is 0 Å². The summed E-state index contributed by atoms with van der Waals surface area (Å²) < 4.78 is 35.6. The minimum Gasteiger partial charge on any atom is -0.539 e. The van der Waals surface area contributed by atoms with E-state index in [1.54, 1.807) is 14.2 Å². The number of carbonyl (C=O) groups is 3. The van der Waals surface area contributed by atoms with Crippen LogP contribution in [0.5, 0.6) is 28.7 Å². The number of nitrogens with zero attached hydrogens (tertiary/aromatic N) is 1. The van der Waals surface area contributed by atoms with Crippen LogP contribution in [0.2, 0.25) is 18.1 Å². The first kappa shape index (κ1) is 33.6. The van der Waals surface area contributed by atoms with Crippen molar-refractivity contribution in [1.29, 1.82) is 0 Å². The molecule has 6 rings (SSSR count). The van der Waals surface area contributed by atoms with Gasteiger partial charge in [-0.3, -0.25) is 19.3 Å². The fourth-order valence-corrected chi connectivity index (χ4v) is 7.68. The number of carbonyl (C=O) groups excluding carboxylic acids is 3. The van der Waals surface area contributed by atoms with Gasteiger partial charge in [-0.1, -0.05) is 20.8 Å². The molecule has 0 saturated carbocycles. The zero-order chi connectivity index (χ0) is 34.7. The van der Waals surface area contributed by atoms with E-state index in [9.17, 15) is 24.6 Å². The fourth-order valence-electron chi connectivity index (χ4n) is 6.66. The van der Waals surface area contributed by atoms with Crippen LogP contribution in [0.3, 0.4) is 0 Å². The number of fused-ring (bicyclic) bond motifs is 3. The van der Waals surface area contributed by atoms with Gasteiger partial charge in [0.2, 0.25) is 6.79 Å². The van der Waals surface area contributed by atoms with Crippen LogP contribution >= 0.6 is 0 Å². The minimum absolute atomic E-state index is 0.0208. The molecular formula is C34H42N2O11Si. The zero-order valence-electron chi connectivity index (χ0n) is 28.1. The normalized spacial score (nSPS) is 23.2. The molecule has 13 nitrogen and oxygen atoms in total. The highest BCUT2D eigenvalue weighted by molar-refractivity contribution is 6.74. The number of rotatable bonds is 10. The number of amides is 2. The number of hydrogen-bond donors (Lipinski definition) is 3. The molecule has 1 fully saturated rings. The summed E-state index contributed by atoms with van der Waals surface area (Å²) in [5, 5.41) is 22.5. The standard InChI is InChI=1S/C34H42N2O11Si/c1-34(2,3)48(6,7)47-31-25(42-4)8-17(9-26(31)43-5)28-19-10-23-24(46-16-45-23)11-20(19)30(21-15-44-33(41)29(21)28)35-22-12-27(39)36(32(22)40)18(13-37)14-38/h8-12,18,21,28-30,35,37-38H,13-16H2,1-7H3/t21-,28+,29-,30+/m0/s1. The van der Waals surface area contributed by atoms with E-state index >= 15 is 0 Å². The predicted octanol–water partition coefficient (Wildman–Crippen LogP) is 2.99. The lowest BCUT2D eigenvalue weighted by atomic mass is 9.65. The van der Waals surface area contributed by atoms with Crippen molar-refractivity contribution in [2.75, 3.05) is 40.8 Å². The molecule has 4 atom stereocenters. The van der Waals surface area contributed by atoms with E-state index < -0.39 is 69.2 Å². The summed E-state index contributed by atoms with van der Waals surface area (Å²) in [6, 6.07) is 5.66. The topological polar surface area (TPSA) is 162 Å². The summed E-state index contributed by atoms with van der Waals surface area (Å²) in [5.41, 5.74) is 2.16. The molecule has 3 heterocycles. The van der Waals surface area contributed by atoms with Gasteiger partial charge >= 0.3 is 5.97 Å². The monoisotopic (exact) mass is 682 g/mol. The Balaban J connectivity index is 1.47. The van der Waals surface area contributed by atoms with Crippen LogP contribution in [0.1, 0.15) is 49.4 Å². The summed E-state index contributed by atoms with van der Waals surface area (Å²) in [5.74, 6) is -1.07. The van der Waals surface area contributed by atoms with Crippen molar-refractivity contribution in [3.05, 3.63) is 52.7 Å². The van der Waals surface area contributed by atoms with Crippen molar-refractivity contribution in [2.24, 2.45) is 11.8 Å². The number of aliphatic hydroxyl groups is 2. The fraction of sp³-hybridized carbons (Fsp3) is 0.500. The maximum Gasteiger partial charge on any atom is 0.310 e. The third-order valence-corrected chi connectivity index (χ3v) is 14.6. The molecule has 14 heteroatoms. The Morgan fingerprint density at radius 3 is 2.12 bits per heavy atom. The van der Waals surface area contributed by atoms with Crippen LogP contribution in [-0.4, -0.2) is 88.1 Å². The first-order chi connectivity index (χ1) is 22.7. The molecule has 1 saturated heterocycles. The van der Waals surface area contributed by atoms with Crippen molar-refractivity contribution in [1.82, 2.24) is 10.2 Å². The van der Waals surface area contributed by atoms with E-state index in [0.717, 1.165) is 27.7 Å². The van der Waals surface area contributed by atoms with Crippen molar-refractivity contribution in [3.8, 4) is 28.7 Å². The molecule has 2 aromatic carbocycles. The third-order valence-electron chi connectivity index (χ3n) is 10.2. The molecule has 258 valence electrons. The Labute approximate surface area is 279 Å². The van der Waals surface area contributed by atoms with E-state index in [-0.39, 0.29) is 24.1 Å². The van der Waals surface area contributed by atoms with Crippen LogP contribution in [0.15, 0.2) is 36.0 Å². The number of nitrogens with one attached hydrogen (secondary N) is 1. The van der Waals surface area contributed by atoms with Gasteiger partial charge in [0.25, 0.3) is 20.1 Å². The van der Waals surface area contributed by atoms with Gasteiger partial charge in [-0.25, -0.2) is 0 Å². The van der Waals surface area contributed by atoms with Gasteiger partial charge in [-0.2, -0.15) is 0 Å². The first-order valence-electron chi connectivity index (χ1n) is 15.9. The average Bonchev–Trinajstić information content (AvgIpc) is 3.74. The second kappa shape index (κ2) is 12.3. The molecule has 2 aromatic rings. The van der Waals surface area contributed by atoms with Gasteiger partial charge < -0.3 is 43.6 Å². The van der Waals surface area contributed by atoms with Crippen molar-refractivity contribution in [3.63, 3.8) is 0 Å². The van der Waals surface area contributed by atoms with Crippen LogP contribution in [0, 0.1) is 11.8 Å². The van der Waals surface area contributed by atoms with E-state index in [0.29, 0.717) is 28.7 Å². The van der Waals surface area contributed by atoms with E-state index in [2.05, 4.69) is 39.2 Å². The molecule has 1 aliphatic carbocycles. The van der Waals surface area contributed by atoms with Gasteiger partial charge in [0.05, 0.1) is 52.0 Å². The summed E-state index contributed by atoms with van der Waals surface area (Å²) in [7, 11) is 0.807. The lowest BCUT2D eigenvalue weighted by Crippen LogP contribution is -2.47. The van der Waals surface area contributed by atoms with Crippen LogP contribution in [-0.2, 0) is 19.1 Å². The van der Waals surface area contributed by atoms with Gasteiger partial charge in [0.1, 0.15) is 5.70 Å². The molecule has 0 aromatic heterocycles. The van der Waals surface area contributed by atoms with Crippen molar-refractivity contribution in [2.45, 2.75) is 56.9 Å². The average molecular weight is 683 g/mol. The van der Waals surface area contributed by atoms with Gasteiger partial charge in [0, 0.05) is 17.9 Å². The molecule has 0 unspecified atom stereocenters. The lowest BCUT2D eigenvalue weighted by Gasteiger charge is -2.40. The molecule has 4 aliphatic rings. The summed E-state index contributed by atoms with van der Waals surface area (Å²) in [6.45, 7) is 9.60. The molecule has 0 bridgehead atoms. The number of cyclic esters (lactones) is 1. The Morgan fingerprint density at radius 2 is 1.56 bits per heavy atom. The number of ether oxygens (including phenoxy) is 5. The maximum absolute atomic E-state index is 13.6. The quantitative estimate of drug-likeness (QED) is 0.191. The number of methoxy groups -OCH3 is 2. The predicted molar refractivity (Wildman–Crippen MR) is 173 cm³/mol. The lowest BCUT2D eigenvalue weighted by molar-refractivity contribution is -0.143. The van der Waals surface area contributed by atoms with E-state index in [1.807, 2.05) is 24.3 Å². The van der Waals surface area contributed by atoms with Crippen molar-refractivity contribution < 1.29 is 52.7 Å². The molecular weight excluding hydrogens is 640 g/mol. The highest BCUT2D eigenvalue weighted by Crippen LogP contribution is 2.56. The Kier molecular flexibility index (Phi) is 8.63. The van der Waals surface area contributed by atoms with Crippen molar-refractivity contribution >= 4 is 26.1 Å². The number of benzene rings is 2. The van der Waals surface area contributed by atoms with Crippen LogP contribution < -0.4 is 28.7 Å². The Morgan fingerprint density at radius 1 is 0.958 bits per heavy atom. The summed E-state index contributed by atoms with van der Waals surface area (Å²) >= 11 is 0. The second-order valence-corrected chi connectivity index (χ2v) is 18.7. The summed E-state index contributed by atoms with van der Waals surface area (Å²) in [6.07, 6.45) is 1.14. The molecule has 3 aliphatic heterocycles. The number of esters is 1. The highest BCUT2D eigenvalue weighted by Gasteiger charge is 2.54. The molecule has 0 spiro atoms. The molecule has 48 heavy (non-hydrogen) atoms. The molecule has 3 N–H and O–H groups in total. The third kappa shape index (κ3) is 5.45. The van der Waals surface area contributed by atoms with E-state index in [1.165, 1.54) is 0 Å². The highest BCUT2D eigenvalue weighted by atomic mass is 28.4. The van der Waals surface area contributed by atoms with Crippen LogP contribution in [0.25, 0.3) is 0 Å². The Hall–Kier alpha value is -4.27.